The maximum absolute atomic E-state index is 4.09. The van der Waals surface area contributed by atoms with Gasteiger partial charge in [0.05, 0.1) is 0 Å². The van der Waals surface area contributed by atoms with E-state index in [2.05, 4.69) is 39.0 Å². The average molecular weight is 208 g/mol. The standard InChI is InChI=1S/C13H20S/c1-6-12(7-2)10-14-11(5)13(8-3)9-4/h6-7,10,13H,1-2,5,8-9H2,3-4H3. The van der Waals surface area contributed by atoms with Gasteiger partial charge in [-0.25, -0.2) is 0 Å². The average Bonchev–Trinajstić information content (AvgIpc) is 2.21. The second-order valence-electron chi connectivity index (χ2n) is 3.12. The highest BCUT2D eigenvalue weighted by Crippen LogP contribution is 2.29. The van der Waals surface area contributed by atoms with Gasteiger partial charge in [-0.3, -0.25) is 0 Å². The van der Waals surface area contributed by atoms with E-state index in [-0.39, 0.29) is 0 Å². The molecule has 0 aliphatic heterocycles. The Kier molecular flexibility index (Phi) is 7.31. The molecule has 78 valence electrons. The smallest absolute Gasteiger partial charge is 0.0110 e. The van der Waals surface area contributed by atoms with Crippen LogP contribution in [-0.4, -0.2) is 0 Å². The van der Waals surface area contributed by atoms with Crippen LogP contribution in [0.2, 0.25) is 0 Å². The van der Waals surface area contributed by atoms with Crippen molar-refractivity contribution in [2.45, 2.75) is 26.7 Å². The van der Waals surface area contributed by atoms with Gasteiger partial charge in [0.15, 0.2) is 0 Å². The molecule has 0 fully saturated rings. The Hall–Kier alpha value is -0.690. The number of hydrogen-bond donors (Lipinski definition) is 0. The molecule has 0 rings (SSSR count). The van der Waals surface area contributed by atoms with Crippen molar-refractivity contribution in [3.05, 3.63) is 47.8 Å². The van der Waals surface area contributed by atoms with Gasteiger partial charge in [-0.05, 0) is 34.6 Å². The Balaban J connectivity index is 4.24. The molecule has 0 aromatic rings. The number of thioether (sulfide) groups is 1. The third-order valence-electron chi connectivity index (χ3n) is 2.26. The van der Waals surface area contributed by atoms with Crippen molar-refractivity contribution in [2.75, 3.05) is 0 Å². The van der Waals surface area contributed by atoms with E-state index >= 15 is 0 Å². The van der Waals surface area contributed by atoms with Crippen molar-refractivity contribution in [2.24, 2.45) is 5.92 Å². The summed E-state index contributed by atoms with van der Waals surface area (Å²) in [6.45, 7) is 15.9. The molecule has 0 saturated heterocycles. The summed E-state index contributed by atoms with van der Waals surface area (Å²) in [6.07, 6.45) is 5.93. The predicted octanol–water partition coefficient (Wildman–Crippen LogP) is 4.93. The molecule has 0 saturated carbocycles. The van der Waals surface area contributed by atoms with E-state index in [9.17, 15) is 0 Å². The monoisotopic (exact) mass is 208 g/mol. The first-order valence-electron chi connectivity index (χ1n) is 5.00. The molecule has 0 aliphatic carbocycles. The fraction of sp³-hybridized carbons (Fsp3) is 0.385. The van der Waals surface area contributed by atoms with Gasteiger partial charge in [-0.15, -0.1) is 11.8 Å². The lowest BCUT2D eigenvalue weighted by Crippen LogP contribution is -1.96. The molecule has 0 aromatic heterocycles. The minimum atomic E-state index is 0.618. The van der Waals surface area contributed by atoms with Crippen LogP contribution < -0.4 is 0 Å². The van der Waals surface area contributed by atoms with Gasteiger partial charge in [0.25, 0.3) is 0 Å². The highest BCUT2D eigenvalue weighted by molar-refractivity contribution is 8.05. The second kappa shape index (κ2) is 7.69. The third kappa shape index (κ3) is 4.52. The van der Waals surface area contributed by atoms with Crippen LogP contribution in [0.5, 0.6) is 0 Å². The van der Waals surface area contributed by atoms with Crippen LogP contribution >= 0.6 is 11.8 Å². The molecule has 0 N–H and O–H groups in total. The highest BCUT2D eigenvalue weighted by Gasteiger charge is 2.06. The van der Waals surface area contributed by atoms with Gasteiger partial charge >= 0.3 is 0 Å². The fourth-order valence-electron chi connectivity index (χ4n) is 1.16. The van der Waals surface area contributed by atoms with Crippen LogP contribution in [0.4, 0.5) is 0 Å². The zero-order valence-electron chi connectivity index (χ0n) is 9.25. The molecule has 0 spiro atoms. The summed E-state index contributed by atoms with van der Waals surface area (Å²) >= 11 is 1.69. The van der Waals surface area contributed by atoms with Gasteiger partial charge < -0.3 is 0 Å². The first-order valence-corrected chi connectivity index (χ1v) is 5.87. The maximum atomic E-state index is 4.09. The highest BCUT2D eigenvalue weighted by atomic mass is 32.2. The summed E-state index contributed by atoms with van der Waals surface area (Å²) in [5.41, 5.74) is 1.06. The Labute approximate surface area is 92.5 Å². The van der Waals surface area contributed by atoms with Crippen LogP contribution in [0.25, 0.3) is 0 Å². The fourth-order valence-corrected chi connectivity index (χ4v) is 2.17. The summed E-state index contributed by atoms with van der Waals surface area (Å²) in [6, 6.07) is 0. The van der Waals surface area contributed by atoms with E-state index in [1.807, 2.05) is 0 Å². The third-order valence-corrected chi connectivity index (χ3v) is 3.28. The summed E-state index contributed by atoms with van der Waals surface area (Å²) in [5, 5.41) is 2.06. The minimum absolute atomic E-state index is 0.618. The van der Waals surface area contributed by atoms with Crippen LogP contribution in [0, 0.1) is 5.92 Å². The summed E-state index contributed by atoms with van der Waals surface area (Å²) in [7, 11) is 0. The largest absolute Gasteiger partial charge is 0.102 e. The van der Waals surface area contributed by atoms with Crippen LogP contribution in [0.3, 0.4) is 0 Å². The van der Waals surface area contributed by atoms with E-state index < -0.39 is 0 Å². The number of allylic oxidation sites excluding steroid dienone is 4. The molecule has 0 unspecified atom stereocenters. The summed E-state index contributed by atoms with van der Waals surface area (Å²) in [5.74, 6) is 0.618. The normalized spacial score (nSPS) is 9.64. The van der Waals surface area contributed by atoms with Gasteiger partial charge in [0, 0.05) is 0 Å². The Morgan fingerprint density at radius 1 is 1.21 bits per heavy atom. The zero-order valence-corrected chi connectivity index (χ0v) is 10.1. The van der Waals surface area contributed by atoms with E-state index in [0.29, 0.717) is 5.92 Å². The zero-order chi connectivity index (χ0) is 11.0. The Morgan fingerprint density at radius 2 is 1.71 bits per heavy atom. The van der Waals surface area contributed by atoms with Crippen LogP contribution in [-0.2, 0) is 0 Å². The molecular formula is C13H20S. The predicted molar refractivity (Wildman–Crippen MR) is 69.3 cm³/mol. The summed E-state index contributed by atoms with van der Waals surface area (Å²) in [4.78, 5) is 1.23. The Bertz CT molecular complexity index is 222. The molecule has 0 aromatic carbocycles. The van der Waals surface area contributed by atoms with Crippen LogP contribution in [0.1, 0.15) is 26.7 Å². The Morgan fingerprint density at radius 3 is 2.07 bits per heavy atom. The van der Waals surface area contributed by atoms with E-state index in [4.69, 9.17) is 0 Å². The second-order valence-corrected chi connectivity index (χ2v) is 4.12. The van der Waals surface area contributed by atoms with Crippen molar-refractivity contribution in [3.63, 3.8) is 0 Å². The molecule has 0 amide bonds. The molecule has 0 nitrogen and oxygen atoms in total. The first-order chi connectivity index (χ1) is 6.69. The first kappa shape index (κ1) is 13.3. The molecule has 0 radical (unpaired) electrons. The number of rotatable bonds is 7. The van der Waals surface area contributed by atoms with E-state index in [1.165, 1.54) is 4.91 Å². The molecule has 0 atom stereocenters. The van der Waals surface area contributed by atoms with Crippen molar-refractivity contribution in [1.82, 2.24) is 0 Å². The molecule has 0 aliphatic rings. The lowest BCUT2D eigenvalue weighted by molar-refractivity contribution is 0.599. The topological polar surface area (TPSA) is 0 Å². The molecule has 1 heteroatoms. The van der Waals surface area contributed by atoms with E-state index in [1.54, 1.807) is 23.9 Å². The SMILES string of the molecule is C=CC(C=C)=CSC(=C)C(CC)CC. The van der Waals surface area contributed by atoms with Gasteiger partial charge in [0.2, 0.25) is 0 Å². The summed E-state index contributed by atoms with van der Waals surface area (Å²) < 4.78 is 0. The van der Waals surface area contributed by atoms with Gasteiger partial charge in [0.1, 0.15) is 0 Å². The lowest BCUT2D eigenvalue weighted by Gasteiger charge is -2.13. The van der Waals surface area contributed by atoms with Crippen LogP contribution in [0.15, 0.2) is 47.8 Å². The number of hydrogen-bond acceptors (Lipinski definition) is 1. The van der Waals surface area contributed by atoms with E-state index in [0.717, 1.165) is 18.4 Å². The molecular weight excluding hydrogens is 188 g/mol. The van der Waals surface area contributed by atoms with Gasteiger partial charge in [-0.2, -0.15) is 0 Å². The molecule has 14 heavy (non-hydrogen) atoms. The lowest BCUT2D eigenvalue weighted by atomic mass is 10.0. The maximum Gasteiger partial charge on any atom is -0.0110 e. The van der Waals surface area contributed by atoms with Crippen molar-refractivity contribution in [1.29, 1.82) is 0 Å². The minimum Gasteiger partial charge on any atom is -0.102 e. The molecule has 0 bridgehead atoms. The van der Waals surface area contributed by atoms with Gasteiger partial charge in [-0.1, -0.05) is 45.7 Å². The van der Waals surface area contributed by atoms with Crippen molar-refractivity contribution < 1.29 is 0 Å². The quantitative estimate of drug-likeness (QED) is 0.535. The molecule has 0 heterocycles. The van der Waals surface area contributed by atoms with Crippen molar-refractivity contribution in [3.8, 4) is 0 Å². The van der Waals surface area contributed by atoms with Crippen molar-refractivity contribution >= 4 is 11.8 Å².